The highest BCUT2D eigenvalue weighted by atomic mass is 19.1. The highest BCUT2D eigenvalue weighted by molar-refractivity contribution is 6.09. The number of aromatic hydroxyl groups is 1. The van der Waals surface area contributed by atoms with Crippen LogP contribution in [0.2, 0.25) is 0 Å². The fourth-order valence-electron chi connectivity index (χ4n) is 12.9. The van der Waals surface area contributed by atoms with E-state index in [1.807, 2.05) is 36.5 Å². The van der Waals surface area contributed by atoms with Crippen molar-refractivity contribution in [2.24, 2.45) is 24.3 Å². The summed E-state index contributed by atoms with van der Waals surface area (Å²) in [5, 5.41) is 19.7. The van der Waals surface area contributed by atoms with Crippen molar-refractivity contribution < 1.29 is 37.7 Å². The van der Waals surface area contributed by atoms with Gasteiger partial charge in [-0.3, -0.25) is 24.5 Å². The van der Waals surface area contributed by atoms with Crippen LogP contribution in [0.3, 0.4) is 0 Å². The number of hydrogen-bond donors (Lipinski definition) is 2. The molecule has 3 aromatic heterocycles. The Hall–Kier alpha value is -7.37. The highest BCUT2D eigenvalue weighted by Gasteiger charge is 2.47. The largest absolute Gasteiger partial charge is 0.508 e. The molecule has 2 atom stereocenters. The second-order valence-electron chi connectivity index (χ2n) is 22.9. The lowest BCUT2D eigenvalue weighted by Gasteiger charge is -2.42. The first kappa shape index (κ1) is 51.4. The molecular formula is C58H66F2N12O6. The zero-order chi connectivity index (χ0) is 54.1. The van der Waals surface area contributed by atoms with Crippen molar-refractivity contribution in [3.05, 3.63) is 59.7 Å². The van der Waals surface area contributed by atoms with Crippen molar-refractivity contribution in [2.45, 2.75) is 77.3 Å². The van der Waals surface area contributed by atoms with Gasteiger partial charge in [0, 0.05) is 131 Å². The summed E-state index contributed by atoms with van der Waals surface area (Å²) >= 11 is 0. The number of amides is 4. The van der Waals surface area contributed by atoms with E-state index in [0.29, 0.717) is 55.6 Å². The van der Waals surface area contributed by atoms with Gasteiger partial charge in [-0.15, -0.1) is 6.42 Å². The zero-order valence-electron chi connectivity index (χ0n) is 44.7. The van der Waals surface area contributed by atoms with Crippen molar-refractivity contribution in [1.29, 1.82) is 0 Å². The molecule has 1 aliphatic carbocycles. The number of aromatic nitrogens is 5. The van der Waals surface area contributed by atoms with E-state index < -0.39 is 17.7 Å². The Kier molecular flexibility index (Phi) is 13.5. The lowest BCUT2D eigenvalue weighted by molar-refractivity contribution is -0.135. The Bertz CT molecular complexity index is 3400. The van der Waals surface area contributed by atoms with Crippen LogP contribution in [0.15, 0.2) is 42.5 Å². The normalized spacial score (nSPS) is 21.1. The predicted molar refractivity (Wildman–Crippen MR) is 293 cm³/mol. The van der Waals surface area contributed by atoms with E-state index in [-0.39, 0.29) is 92.4 Å². The Morgan fingerprint density at radius 3 is 2.33 bits per heavy atom. The van der Waals surface area contributed by atoms with Crippen molar-refractivity contribution in [2.75, 3.05) is 100 Å². The molecule has 408 valence electrons. The topological polar surface area (TPSA) is 178 Å². The lowest BCUT2D eigenvalue weighted by atomic mass is 9.95. The van der Waals surface area contributed by atoms with Crippen LogP contribution in [-0.2, 0) is 16.6 Å². The molecule has 78 heavy (non-hydrogen) atoms. The number of pyridine rings is 1. The number of nitrogens with one attached hydrogen (secondary N) is 1. The minimum Gasteiger partial charge on any atom is -0.508 e. The minimum absolute atomic E-state index is 0.00849. The van der Waals surface area contributed by atoms with Crippen LogP contribution in [0.1, 0.15) is 70.8 Å². The van der Waals surface area contributed by atoms with Crippen molar-refractivity contribution in [3.63, 3.8) is 0 Å². The van der Waals surface area contributed by atoms with E-state index in [1.165, 1.54) is 31.4 Å². The molecule has 5 aliphatic heterocycles. The number of rotatable bonds is 14. The molecule has 5 saturated heterocycles. The number of methoxy groups -OCH3 is 1. The van der Waals surface area contributed by atoms with Crippen LogP contribution in [0.25, 0.3) is 43.8 Å². The predicted octanol–water partition coefficient (Wildman–Crippen LogP) is 7.07. The molecule has 6 fully saturated rings. The molecule has 18 nitrogen and oxygen atoms in total. The molecule has 3 aromatic carbocycles. The molecule has 2 bridgehead atoms. The molecule has 20 heteroatoms. The number of benzene rings is 3. The van der Waals surface area contributed by atoms with E-state index in [9.17, 15) is 19.5 Å². The number of phenols is 1. The fourth-order valence-corrected chi connectivity index (χ4v) is 12.9. The molecule has 12 rings (SSSR count). The maximum atomic E-state index is 17.6. The average Bonchev–Trinajstić information content (AvgIpc) is 4.10. The van der Waals surface area contributed by atoms with Gasteiger partial charge in [0.25, 0.3) is 0 Å². The summed E-state index contributed by atoms with van der Waals surface area (Å²) in [6.07, 6.45) is 12.4. The minimum atomic E-state index is -0.832. The smallest absolute Gasteiger partial charge is 0.329 e. The number of piperazine rings is 2. The molecular weight excluding hydrogens is 999 g/mol. The lowest BCUT2D eigenvalue weighted by Crippen LogP contribution is -2.56. The molecule has 6 aromatic rings. The van der Waals surface area contributed by atoms with Gasteiger partial charge in [-0.2, -0.15) is 15.1 Å². The number of hydrogen-bond acceptors (Lipinski definition) is 14. The number of aryl methyl sites for hydroxylation is 1. The highest BCUT2D eigenvalue weighted by Crippen LogP contribution is 2.48. The first-order valence-corrected chi connectivity index (χ1v) is 27.5. The van der Waals surface area contributed by atoms with E-state index in [1.54, 1.807) is 4.90 Å². The van der Waals surface area contributed by atoms with Crippen molar-refractivity contribution in [3.8, 4) is 41.2 Å². The molecule has 1 saturated carbocycles. The SMILES string of the molecule is C#Cc1c(F)ccc2cc(O)cc(-c3nc(OC)c4c(N5CC6CCC(C5)N6C(=O)CC(C)C)nc(OCC5(CN6CCN(CC7CCN(c8ccc9c(N%10CCC(=O)NC%10=O)nn(C)c9c8)CC7)CC6)CC5)nc4c3F)c12. The summed E-state index contributed by atoms with van der Waals surface area (Å²) in [6, 6.07) is 11.2. The number of halogens is 2. The zero-order valence-corrected chi connectivity index (χ0v) is 44.7. The third kappa shape index (κ3) is 9.62. The maximum Gasteiger partial charge on any atom is 0.329 e. The average molecular weight is 1070 g/mol. The Balaban J connectivity index is 0.729. The summed E-state index contributed by atoms with van der Waals surface area (Å²) in [6.45, 7) is 13.4. The Morgan fingerprint density at radius 2 is 1.64 bits per heavy atom. The molecule has 6 aliphatic rings. The second-order valence-corrected chi connectivity index (χ2v) is 22.9. The number of piperidine rings is 1. The van der Waals surface area contributed by atoms with E-state index in [2.05, 4.69) is 48.1 Å². The van der Waals surface area contributed by atoms with Crippen LogP contribution in [0.4, 0.5) is 30.9 Å². The van der Waals surface area contributed by atoms with Gasteiger partial charge >= 0.3 is 12.0 Å². The standard InChI is InChI=1S/C58H66F2N12O6/c1-6-41-44(59)12-7-36-26-40(73)28-43(48(36)41)51-50(60)52-49(55(62-51)77-5)54(70-30-38-8-9-39(31-70)72(38)47(75)25-34(2)3)64-56(63-52)78-33-58(16-17-58)32-68-23-21-67(22-24-68)29-35-13-18-69(19-14-35)37-10-11-42-45(27-37)66(4)65-53(42)71-20-15-46(74)61-57(71)76/h1,7,10-12,26-28,34-35,38-39,73H,8-9,13-25,29-33H2,2-5H3,(H,61,74,76). The Morgan fingerprint density at radius 1 is 0.897 bits per heavy atom. The molecule has 4 amide bonds. The van der Waals surface area contributed by atoms with E-state index in [0.717, 1.165) is 107 Å². The molecule has 2 unspecified atom stereocenters. The molecule has 2 N–H and O–H groups in total. The first-order chi connectivity index (χ1) is 37.7. The number of fused-ring (bicyclic) bond motifs is 5. The second kappa shape index (κ2) is 20.5. The summed E-state index contributed by atoms with van der Waals surface area (Å²) in [4.78, 5) is 65.7. The number of imide groups is 1. The number of carbonyl (C=O) groups is 3. The van der Waals surface area contributed by atoms with E-state index in [4.69, 9.17) is 30.8 Å². The number of urea groups is 1. The van der Waals surface area contributed by atoms with Crippen molar-refractivity contribution >= 4 is 67.7 Å². The van der Waals surface area contributed by atoms with Crippen LogP contribution in [-0.4, -0.2) is 160 Å². The third-order valence-corrected chi connectivity index (χ3v) is 17.1. The van der Waals surface area contributed by atoms with Gasteiger partial charge in [0.2, 0.25) is 17.7 Å². The molecule has 0 spiro atoms. The van der Waals surface area contributed by atoms with Crippen LogP contribution >= 0.6 is 0 Å². The fraction of sp³-hybridized carbons (Fsp3) is 0.500. The number of phenolic OH excluding ortho intramolecular Hbond substituents is 1. The quantitative estimate of drug-likeness (QED) is 0.106. The monoisotopic (exact) mass is 1060 g/mol. The first-order valence-electron chi connectivity index (χ1n) is 27.5. The molecule has 8 heterocycles. The van der Waals surface area contributed by atoms with Gasteiger partial charge in [0.15, 0.2) is 11.6 Å². The summed E-state index contributed by atoms with van der Waals surface area (Å²) in [5.74, 6) is 2.41. The number of nitrogens with zero attached hydrogens (tertiary/aromatic N) is 11. The Labute approximate surface area is 451 Å². The van der Waals surface area contributed by atoms with E-state index >= 15 is 8.78 Å². The van der Waals surface area contributed by atoms with Gasteiger partial charge in [0.05, 0.1) is 24.8 Å². The van der Waals surface area contributed by atoms with Gasteiger partial charge in [-0.25, -0.2) is 18.6 Å². The maximum absolute atomic E-state index is 17.6. The summed E-state index contributed by atoms with van der Waals surface area (Å²) < 4.78 is 47.3. The third-order valence-electron chi connectivity index (χ3n) is 17.1. The van der Waals surface area contributed by atoms with Gasteiger partial charge in [0.1, 0.15) is 34.0 Å². The summed E-state index contributed by atoms with van der Waals surface area (Å²) in [5.41, 5.74) is 1.62. The number of ether oxygens (including phenoxy) is 2. The number of carbonyl (C=O) groups excluding carboxylic acids is 3. The van der Waals surface area contributed by atoms with Crippen LogP contribution in [0, 0.1) is 41.2 Å². The molecule has 0 radical (unpaired) electrons. The van der Waals surface area contributed by atoms with Gasteiger partial charge in [-0.1, -0.05) is 25.8 Å². The van der Waals surface area contributed by atoms with Crippen LogP contribution in [0.5, 0.6) is 17.6 Å². The number of anilines is 3. The summed E-state index contributed by atoms with van der Waals surface area (Å²) in [7, 11) is 3.32. The number of terminal acetylenes is 1. The van der Waals surface area contributed by atoms with Gasteiger partial charge < -0.3 is 39.1 Å². The van der Waals surface area contributed by atoms with Crippen LogP contribution < -0.4 is 29.5 Å². The van der Waals surface area contributed by atoms with Crippen molar-refractivity contribution in [1.82, 2.24) is 44.7 Å². The van der Waals surface area contributed by atoms with Gasteiger partial charge in [-0.05, 0) is 92.1 Å².